The third-order valence-electron chi connectivity index (χ3n) is 2.86. The molecule has 16 heavy (non-hydrogen) atoms. The summed E-state index contributed by atoms with van der Waals surface area (Å²) < 4.78 is 0. The van der Waals surface area contributed by atoms with E-state index in [-0.39, 0.29) is 0 Å². The Kier molecular flexibility index (Phi) is 2.32. The number of hydrogen-bond acceptors (Lipinski definition) is 4. The highest BCUT2D eigenvalue weighted by atomic mass is 32.2. The van der Waals surface area contributed by atoms with Gasteiger partial charge in [-0.15, -0.1) is 5.10 Å². The van der Waals surface area contributed by atoms with Crippen molar-refractivity contribution in [1.82, 2.24) is 15.2 Å². The molecule has 3 rings (SSSR count). The Labute approximate surface area is 97.7 Å². The van der Waals surface area contributed by atoms with Crippen LogP contribution in [0.5, 0.6) is 0 Å². The predicted molar refractivity (Wildman–Crippen MR) is 64.4 cm³/mol. The Balaban J connectivity index is 1.63. The molecule has 0 saturated carbocycles. The average molecular weight is 232 g/mol. The largest absolute Gasteiger partial charge is 0.368 e. The third kappa shape index (κ3) is 1.67. The molecule has 3 N–H and O–H groups in total. The Hall–Kier alpha value is -1.49. The van der Waals surface area contributed by atoms with E-state index in [4.69, 9.17) is 5.73 Å². The second-order valence-corrected chi connectivity index (χ2v) is 4.90. The summed E-state index contributed by atoms with van der Waals surface area (Å²) >= 11 is 1.66. The van der Waals surface area contributed by atoms with Crippen LogP contribution in [0.15, 0.2) is 29.4 Å². The van der Waals surface area contributed by atoms with Crippen molar-refractivity contribution in [2.45, 2.75) is 17.5 Å². The second kappa shape index (κ2) is 3.83. The van der Waals surface area contributed by atoms with Crippen molar-refractivity contribution in [3.05, 3.63) is 35.4 Å². The van der Waals surface area contributed by atoms with Gasteiger partial charge in [0.25, 0.3) is 0 Å². The molecule has 0 saturated heterocycles. The lowest BCUT2D eigenvalue weighted by atomic mass is 9.79. The molecule has 4 nitrogen and oxygen atoms in total. The molecule has 1 aromatic heterocycles. The zero-order valence-electron chi connectivity index (χ0n) is 8.68. The number of aromatic amines is 1. The zero-order chi connectivity index (χ0) is 11.0. The first-order chi connectivity index (χ1) is 7.83. The van der Waals surface area contributed by atoms with Gasteiger partial charge in [-0.2, -0.15) is 4.98 Å². The van der Waals surface area contributed by atoms with Gasteiger partial charge in [-0.25, -0.2) is 5.10 Å². The number of thioether (sulfide) groups is 1. The lowest BCUT2D eigenvalue weighted by Crippen LogP contribution is -2.18. The number of H-pyrrole nitrogens is 1. The van der Waals surface area contributed by atoms with E-state index in [1.165, 1.54) is 17.5 Å². The predicted octanol–water partition coefficient (Wildman–Crippen LogP) is 1.82. The average Bonchev–Trinajstić information content (AvgIpc) is 2.66. The van der Waals surface area contributed by atoms with Crippen LogP contribution in [-0.4, -0.2) is 20.9 Å². The first kappa shape index (κ1) is 9.72. The summed E-state index contributed by atoms with van der Waals surface area (Å²) in [6.07, 6.45) is 1.17. The molecule has 5 heteroatoms. The molecule has 0 fully saturated rings. The van der Waals surface area contributed by atoms with E-state index in [0.717, 1.165) is 10.9 Å². The molecule has 0 amide bonds. The molecule has 1 unspecified atom stereocenters. The number of anilines is 1. The number of benzene rings is 1. The van der Waals surface area contributed by atoms with Gasteiger partial charge in [0.1, 0.15) is 0 Å². The zero-order valence-corrected chi connectivity index (χ0v) is 9.50. The number of nitrogens with one attached hydrogen (secondary N) is 1. The molecule has 0 radical (unpaired) electrons. The monoisotopic (exact) mass is 232 g/mol. The van der Waals surface area contributed by atoms with Crippen LogP contribution >= 0.6 is 11.8 Å². The first-order valence-corrected chi connectivity index (χ1v) is 6.20. The molecular weight excluding hydrogens is 220 g/mol. The Morgan fingerprint density at radius 2 is 2.31 bits per heavy atom. The van der Waals surface area contributed by atoms with Crippen LogP contribution in [-0.2, 0) is 6.42 Å². The van der Waals surface area contributed by atoms with Gasteiger partial charge in [-0.05, 0) is 23.5 Å². The summed E-state index contributed by atoms with van der Waals surface area (Å²) in [6.45, 7) is 0. The number of aromatic nitrogens is 3. The summed E-state index contributed by atoms with van der Waals surface area (Å²) in [5.41, 5.74) is 8.41. The summed E-state index contributed by atoms with van der Waals surface area (Å²) in [4.78, 5) is 4.07. The van der Waals surface area contributed by atoms with Gasteiger partial charge in [0.2, 0.25) is 11.1 Å². The molecule has 0 spiro atoms. The highest BCUT2D eigenvalue weighted by molar-refractivity contribution is 7.99. The Morgan fingerprint density at radius 1 is 1.44 bits per heavy atom. The van der Waals surface area contributed by atoms with E-state index in [1.807, 2.05) is 0 Å². The highest BCUT2D eigenvalue weighted by Crippen LogP contribution is 2.37. The van der Waals surface area contributed by atoms with E-state index in [0.29, 0.717) is 11.9 Å². The van der Waals surface area contributed by atoms with Crippen molar-refractivity contribution in [1.29, 1.82) is 0 Å². The van der Waals surface area contributed by atoms with Gasteiger partial charge in [-0.1, -0.05) is 36.0 Å². The number of nitrogen functional groups attached to an aromatic ring is 1. The van der Waals surface area contributed by atoms with Crippen molar-refractivity contribution in [2.24, 2.45) is 0 Å². The van der Waals surface area contributed by atoms with Crippen LogP contribution in [0.3, 0.4) is 0 Å². The van der Waals surface area contributed by atoms with Crippen molar-refractivity contribution < 1.29 is 0 Å². The lowest BCUT2D eigenvalue weighted by Gasteiger charge is -2.29. The van der Waals surface area contributed by atoms with Crippen LogP contribution in [0.2, 0.25) is 0 Å². The van der Waals surface area contributed by atoms with E-state index in [2.05, 4.69) is 39.4 Å². The molecule has 0 aliphatic heterocycles. The Morgan fingerprint density at radius 3 is 3.06 bits per heavy atom. The minimum Gasteiger partial charge on any atom is -0.368 e. The smallest absolute Gasteiger partial charge is 0.216 e. The molecule has 1 aliphatic carbocycles. The maximum atomic E-state index is 5.47. The number of hydrogen-bond donors (Lipinski definition) is 2. The van der Waals surface area contributed by atoms with Gasteiger partial charge in [-0.3, -0.25) is 0 Å². The van der Waals surface area contributed by atoms with E-state index in [9.17, 15) is 0 Å². The normalized spacial score (nSPS) is 17.9. The van der Waals surface area contributed by atoms with E-state index < -0.39 is 0 Å². The number of rotatable bonds is 3. The summed E-state index contributed by atoms with van der Waals surface area (Å²) in [5, 5.41) is 7.39. The maximum Gasteiger partial charge on any atom is 0.216 e. The maximum absolute atomic E-state index is 5.47. The standard InChI is InChI=1S/C11H12N4S/c12-10-13-11(15-14-10)16-6-8-5-7-3-1-2-4-9(7)8/h1-4,8H,5-6H2,(H3,12,13,14,15). The number of fused-ring (bicyclic) bond motifs is 1. The topological polar surface area (TPSA) is 67.6 Å². The third-order valence-corrected chi connectivity index (χ3v) is 3.87. The summed E-state index contributed by atoms with van der Waals surface area (Å²) in [5.74, 6) is 2.05. The van der Waals surface area contributed by atoms with Gasteiger partial charge in [0, 0.05) is 5.75 Å². The SMILES string of the molecule is Nc1nc(SCC2Cc3ccccc32)n[nH]1. The van der Waals surface area contributed by atoms with E-state index >= 15 is 0 Å². The minimum absolute atomic E-state index is 0.386. The second-order valence-electron chi connectivity index (χ2n) is 3.91. The van der Waals surface area contributed by atoms with Crippen LogP contribution in [0.4, 0.5) is 5.95 Å². The number of nitrogens with zero attached hydrogens (tertiary/aromatic N) is 2. The molecule has 2 aromatic rings. The van der Waals surface area contributed by atoms with Crippen LogP contribution in [0.25, 0.3) is 0 Å². The van der Waals surface area contributed by atoms with Gasteiger partial charge in [0.15, 0.2) is 0 Å². The van der Waals surface area contributed by atoms with Crippen molar-refractivity contribution >= 4 is 17.7 Å². The molecule has 1 aliphatic rings. The molecule has 1 heterocycles. The van der Waals surface area contributed by atoms with Crippen LogP contribution < -0.4 is 5.73 Å². The minimum atomic E-state index is 0.386. The number of nitrogens with two attached hydrogens (primary N) is 1. The molecule has 82 valence electrons. The summed E-state index contributed by atoms with van der Waals surface area (Å²) in [7, 11) is 0. The summed E-state index contributed by atoms with van der Waals surface area (Å²) in [6, 6.07) is 8.59. The first-order valence-electron chi connectivity index (χ1n) is 5.21. The van der Waals surface area contributed by atoms with Crippen LogP contribution in [0, 0.1) is 0 Å². The van der Waals surface area contributed by atoms with Gasteiger partial charge >= 0.3 is 0 Å². The molecular formula is C11H12N4S. The van der Waals surface area contributed by atoms with Crippen molar-refractivity contribution in [3.63, 3.8) is 0 Å². The lowest BCUT2D eigenvalue weighted by molar-refractivity contribution is 0.676. The van der Waals surface area contributed by atoms with Gasteiger partial charge in [0.05, 0.1) is 0 Å². The molecule has 1 aromatic carbocycles. The molecule has 1 atom stereocenters. The molecule has 0 bridgehead atoms. The fourth-order valence-corrected chi connectivity index (χ4v) is 2.93. The fourth-order valence-electron chi connectivity index (χ4n) is 2.01. The quantitative estimate of drug-likeness (QED) is 0.792. The van der Waals surface area contributed by atoms with Crippen molar-refractivity contribution in [3.8, 4) is 0 Å². The fraction of sp³-hybridized carbons (Fsp3) is 0.273. The van der Waals surface area contributed by atoms with Crippen LogP contribution in [0.1, 0.15) is 17.0 Å². The van der Waals surface area contributed by atoms with E-state index in [1.54, 1.807) is 11.8 Å². The van der Waals surface area contributed by atoms with Crippen molar-refractivity contribution in [2.75, 3.05) is 11.5 Å². The Bertz CT molecular complexity index is 508. The highest BCUT2D eigenvalue weighted by Gasteiger charge is 2.25. The van der Waals surface area contributed by atoms with Gasteiger partial charge < -0.3 is 5.73 Å².